The van der Waals surface area contributed by atoms with Gasteiger partial charge in [0.1, 0.15) is 0 Å². The van der Waals surface area contributed by atoms with Crippen molar-refractivity contribution in [3.63, 3.8) is 0 Å². The second-order valence-electron chi connectivity index (χ2n) is 5.23. The summed E-state index contributed by atoms with van der Waals surface area (Å²) in [5.74, 6) is 1.04. The molecule has 0 unspecified atom stereocenters. The highest BCUT2D eigenvalue weighted by atomic mass is 28.4. The Bertz CT molecular complexity index is 203. The van der Waals surface area contributed by atoms with Gasteiger partial charge >= 0.3 is 0 Å². The highest BCUT2D eigenvalue weighted by molar-refractivity contribution is 6.70. The molecule has 0 aromatic rings. The minimum absolute atomic E-state index is 0.0778. The maximum absolute atomic E-state index is 5.97. The van der Waals surface area contributed by atoms with Crippen LogP contribution in [0, 0.1) is 5.41 Å². The summed E-state index contributed by atoms with van der Waals surface area (Å²) in [5.41, 5.74) is 0.0778. The van der Waals surface area contributed by atoms with Crippen molar-refractivity contribution in [1.82, 2.24) is 0 Å². The number of allylic oxidation sites excluding steroid dienone is 3. The highest BCUT2D eigenvalue weighted by Crippen LogP contribution is 2.28. The molecule has 0 aromatic carbocycles. The highest BCUT2D eigenvalue weighted by Gasteiger charge is 2.24. The van der Waals surface area contributed by atoms with E-state index in [1.807, 2.05) is 6.08 Å². The molecular formula is C11H22OSi. The normalized spacial score (nSPS) is 14.2. The van der Waals surface area contributed by atoms with Gasteiger partial charge in [0, 0.05) is 5.41 Å². The number of rotatable bonds is 3. The lowest BCUT2D eigenvalue weighted by Gasteiger charge is -2.30. The molecule has 0 fully saturated rings. The van der Waals surface area contributed by atoms with Crippen molar-refractivity contribution in [3.05, 3.63) is 24.5 Å². The molecule has 0 bridgehead atoms. The molecule has 0 aliphatic rings. The molecule has 0 atom stereocenters. The van der Waals surface area contributed by atoms with E-state index in [9.17, 15) is 0 Å². The minimum atomic E-state index is -1.48. The predicted molar refractivity (Wildman–Crippen MR) is 62.2 cm³/mol. The largest absolute Gasteiger partial charge is 0.547 e. The van der Waals surface area contributed by atoms with Crippen LogP contribution < -0.4 is 0 Å². The van der Waals surface area contributed by atoms with E-state index in [1.165, 1.54) is 0 Å². The summed E-state index contributed by atoms with van der Waals surface area (Å²) in [6, 6.07) is 0. The van der Waals surface area contributed by atoms with Gasteiger partial charge in [-0.15, -0.1) is 0 Å². The van der Waals surface area contributed by atoms with E-state index < -0.39 is 8.32 Å². The summed E-state index contributed by atoms with van der Waals surface area (Å²) in [5, 5.41) is 0. The summed E-state index contributed by atoms with van der Waals surface area (Å²) < 4.78 is 5.97. The predicted octanol–water partition coefficient (Wildman–Crippen LogP) is 3.95. The summed E-state index contributed by atoms with van der Waals surface area (Å²) in [7, 11) is -1.48. The van der Waals surface area contributed by atoms with Crippen LogP contribution in [0.15, 0.2) is 24.5 Å². The van der Waals surface area contributed by atoms with E-state index in [4.69, 9.17) is 4.43 Å². The monoisotopic (exact) mass is 198 g/mol. The van der Waals surface area contributed by atoms with Crippen LogP contribution >= 0.6 is 0 Å². The van der Waals surface area contributed by atoms with Crippen LogP contribution in [0.1, 0.15) is 20.8 Å². The van der Waals surface area contributed by atoms with Crippen LogP contribution in [0.25, 0.3) is 0 Å². The van der Waals surface area contributed by atoms with Crippen molar-refractivity contribution in [2.75, 3.05) is 0 Å². The second kappa shape index (κ2) is 4.14. The Labute approximate surface area is 83.6 Å². The Kier molecular flexibility index (Phi) is 3.98. The molecule has 0 spiro atoms. The first-order valence-corrected chi connectivity index (χ1v) is 8.10. The van der Waals surface area contributed by atoms with Gasteiger partial charge in [0.05, 0.1) is 5.76 Å². The fourth-order valence-electron chi connectivity index (χ4n) is 0.874. The van der Waals surface area contributed by atoms with E-state index >= 15 is 0 Å². The second-order valence-corrected chi connectivity index (χ2v) is 9.66. The van der Waals surface area contributed by atoms with E-state index in [0.717, 1.165) is 5.76 Å². The third kappa shape index (κ3) is 5.69. The van der Waals surface area contributed by atoms with Gasteiger partial charge in [-0.25, -0.2) is 0 Å². The lowest BCUT2D eigenvalue weighted by Crippen LogP contribution is -2.29. The topological polar surface area (TPSA) is 9.23 Å². The third-order valence-electron chi connectivity index (χ3n) is 1.42. The van der Waals surface area contributed by atoms with Crippen LogP contribution in [0.5, 0.6) is 0 Å². The minimum Gasteiger partial charge on any atom is -0.547 e. The molecule has 0 aliphatic carbocycles. The Hall–Kier alpha value is -0.503. The third-order valence-corrected chi connectivity index (χ3v) is 2.26. The molecule has 0 amide bonds. The zero-order chi connectivity index (χ0) is 10.7. The molecule has 76 valence electrons. The maximum atomic E-state index is 5.97. The first kappa shape index (κ1) is 12.5. The zero-order valence-corrected chi connectivity index (χ0v) is 10.8. The fourth-order valence-corrected chi connectivity index (χ4v) is 1.91. The molecule has 2 heteroatoms. The van der Waals surface area contributed by atoms with Gasteiger partial charge in [-0.3, -0.25) is 0 Å². The van der Waals surface area contributed by atoms with Crippen molar-refractivity contribution < 1.29 is 4.43 Å². The molecule has 0 aliphatic heterocycles. The Balaban J connectivity index is 4.67. The van der Waals surface area contributed by atoms with E-state index in [1.54, 1.807) is 6.08 Å². The Morgan fingerprint density at radius 2 is 1.69 bits per heavy atom. The maximum Gasteiger partial charge on any atom is 0.241 e. The standard InChI is InChI=1S/C11H22OSi/c1-8-9-10(11(2,3)4)12-13(5,6)7/h8-9H,1H2,2-7H3/b10-9+. The molecule has 1 nitrogen and oxygen atoms in total. The smallest absolute Gasteiger partial charge is 0.241 e. The average molecular weight is 198 g/mol. The molecular weight excluding hydrogens is 176 g/mol. The van der Waals surface area contributed by atoms with Crippen LogP contribution in [0.2, 0.25) is 19.6 Å². The average Bonchev–Trinajstić information content (AvgIpc) is 1.81. The van der Waals surface area contributed by atoms with Crippen molar-refractivity contribution in [2.45, 2.75) is 40.4 Å². The van der Waals surface area contributed by atoms with Crippen molar-refractivity contribution in [1.29, 1.82) is 0 Å². The summed E-state index contributed by atoms with van der Waals surface area (Å²) in [6.45, 7) is 16.7. The lowest BCUT2D eigenvalue weighted by molar-refractivity contribution is 0.289. The first-order valence-electron chi connectivity index (χ1n) is 4.69. The number of hydrogen-bond acceptors (Lipinski definition) is 1. The zero-order valence-electron chi connectivity index (χ0n) is 9.77. The molecule has 0 heterocycles. The quantitative estimate of drug-likeness (QED) is 0.379. The van der Waals surface area contributed by atoms with Crippen molar-refractivity contribution in [3.8, 4) is 0 Å². The van der Waals surface area contributed by atoms with Gasteiger partial charge in [-0.1, -0.05) is 33.4 Å². The molecule has 0 saturated carbocycles. The van der Waals surface area contributed by atoms with E-state index in [-0.39, 0.29) is 5.41 Å². The van der Waals surface area contributed by atoms with Crippen molar-refractivity contribution >= 4 is 8.32 Å². The van der Waals surface area contributed by atoms with Gasteiger partial charge in [-0.2, -0.15) is 0 Å². The molecule has 13 heavy (non-hydrogen) atoms. The summed E-state index contributed by atoms with van der Waals surface area (Å²) in [6.07, 6.45) is 3.76. The molecule has 0 rings (SSSR count). The SMILES string of the molecule is C=C/C=C(/O[Si](C)(C)C)C(C)(C)C. The van der Waals surface area contributed by atoms with Gasteiger partial charge in [0.15, 0.2) is 0 Å². The lowest BCUT2D eigenvalue weighted by atomic mass is 9.94. The van der Waals surface area contributed by atoms with Crippen LogP contribution in [0.3, 0.4) is 0 Å². The molecule has 0 saturated heterocycles. The van der Waals surface area contributed by atoms with Gasteiger partial charge in [0.2, 0.25) is 8.32 Å². The summed E-state index contributed by atoms with van der Waals surface area (Å²) in [4.78, 5) is 0. The van der Waals surface area contributed by atoms with Crippen LogP contribution in [-0.4, -0.2) is 8.32 Å². The molecule has 0 aromatic heterocycles. The molecule has 0 radical (unpaired) electrons. The Morgan fingerprint density at radius 3 is 1.92 bits per heavy atom. The van der Waals surface area contributed by atoms with Gasteiger partial charge in [0.25, 0.3) is 0 Å². The van der Waals surface area contributed by atoms with Gasteiger partial charge in [-0.05, 0) is 25.7 Å². The van der Waals surface area contributed by atoms with Crippen LogP contribution in [0.4, 0.5) is 0 Å². The molecule has 0 N–H and O–H groups in total. The van der Waals surface area contributed by atoms with E-state index in [0.29, 0.717) is 0 Å². The number of hydrogen-bond donors (Lipinski definition) is 0. The van der Waals surface area contributed by atoms with Crippen LogP contribution in [-0.2, 0) is 4.43 Å². The Morgan fingerprint density at radius 1 is 1.23 bits per heavy atom. The van der Waals surface area contributed by atoms with E-state index in [2.05, 4.69) is 47.0 Å². The fraction of sp³-hybridized carbons (Fsp3) is 0.636. The first-order chi connectivity index (χ1) is 5.67. The summed E-state index contributed by atoms with van der Waals surface area (Å²) >= 11 is 0. The van der Waals surface area contributed by atoms with Crippen molar-refractivity contribution in [2.24, 2.45) is 5.41 Å². The van der Waals surface area contributed by atoms with Gasteiger partial charge < -0.3 is 4.43 Å².